The van der Waals surface area contributed by atoms with Crippen LogP contribution in [0.5, 0.6) is 5.75 Å². The fourth-order valence-corrected chi connectivity index (χ4v) is 1.87. The summed E-state index contributed by atoms with van der Waals surface area (Å²) >= 11 is 0. The Hall–Kier alpha value is -1.49. The molecule has 1 aromatic carbocycles. The van der Waals surface area contributed by atoms with Crippen molar-refractivity contribution in [1.82, 2.24) is 0 Å². The molecule has 1 saturated carbocycles. The predicted octanol–water partition coefficient (Wildman–Crippen LogP) is 2.95. The topological polar surface area (TPSA) is 33.0 Å². The van der Waals surface area contributed by atoms with Crippen LogP contribution in [0.2, 0.25) is 0 Å². The van der Waals surface area contributed by atoms with E-state index in [2.05, 4.69) is 12.1 Å². The number of hydrogen-bond donors (Lipinski definition) is 0. The van der Waals surface area contributed by atoms with Gasteiger partial charge in [0.15, 0.2) is 0 Å². The summed E-state index contributed by atoms with van der Waals surface area (Å²) < 4.78 is 5.57. The van der Waals surface area contributed by atoms with Gasteiger partial charge in [0.05, 0.1) is 18.1 Å². The van der Waals surface area contributed by atoms with Gasteiger partial charge in [-0.25, -0.2) is 0 Å². The third-order valence-corrected chi connectivity index (χ3v) is 2.91. The Labute approximate surface area is 90.5 Å². The van der Waals surface area contributed by atoms with Crippen molar-refractivity contribution in [2.75, 3.05) is 6.61 Å². The number of hydrogen-bond acceptors (Lipinski definition) is 2. The Balaban J connectivity index is 2.44. The van der Waals surface area contributed by atoms with Crippen molar-refractivity contribution in [3.8, 4) is 11.8 Å². The molecule has 2 nitrogen and oxygen atoms in total. The smallest absolute Gasteiger partial charge is 0.124 e. The molecule has 15 heavy (non-hydrogen) atoms. The van der Waals surface area contributed by atoms with Crippen molar-refractivity contribution < 1.29 is 4.74 Å². The molecule has 1 aliphatic carbocycles. The molecule has 1 aliphatic rings. The standard InChI is InChI=1S/C13H15NO/c1-3-15-12-5-4-10(2)8-11(12)13(9-14)6-7-13/h4-5,8H,3,6-7H2,1-2H3. The van der Waals surface area contributed by atoms with E-state index in [1.54, 1.807) is 0 Å². The first-order valence-corrected chi connectivity index (χ1v) is 5.37. The molecule has 78 valence electrons. The highest BCUT2D eigenvalue weighted by Crippen LogP contribution is 2.50. The van der Waals surface area contributed by atoms with Crippen LogP contribution in [0.1, 0.15) is 30.9 Å². The summed E-state index contributed by atoms with van der Waals surface area (Å²) in [5.74, 6) is 0.877. The minimum atomic E-state index is -0.253. The van der Waals surface area contributed by atoms with Crippen LogP contribution in [-0.2, 0) is 5.41 Å². The SMILES string of the molecule is CCOc1ccc(C)cc1C1(C#N)CC1. The third kappa shape index (κ3) is 1.70. The maximum Gasteiger partial charge on any atom is 0.124 e. The second kappa shape index (κ2) is 3.58. The summed E-state index contributed by atoms with van der Waals surface area (Å²) in [7, 11) is 0. The lowest BCUT2D eigenvalue weighted by molar-refractivity contribution is 0.335. The summed E-state index contributed by atoms with van der Waals surface area (Å²) in [6, 6.07) is 8.51. The van der Waals surface area contributed by atoms with Crippen molar-refractivity contribution >= 4 is 0 Å². The van der Waals surface area contributed by atoms with E-state index in [0.29, 0.717) is 6.61 Å². The van der Waals surface area contributed by atoms with E-state index in [4.69, 9.17) is 4.74 Å². The molecular weight excluding hydrogens is 186 g/mol. The molecule has 0 N–H and O–H groups in total. The summed E-state index contributed by atoms with van der Waals surface area (Å²) in [6.07, 6.45) is 1.93. The highest BCUT2D eigenvalue weighted by Gasteiger charge is 2.46. The van der Waals surface area contributed by atoms with Crippen molar-refractivity contribution in [2.45, 2.75) is 32.1 Å². The van der Waals surface area contributed by atoms with Crippen molar-refractivity contribution in [2.24, 2.45) is 0 Å². The largest absolute Gasteiger partial charge is 0.494 e. The van der Waals surface area contributed by atoms with Crippen LogP contribution in [0.15, 0.2) is 18.2 Å². The van der Waals surface area contributed by atoms with Crippen LogP contribution in [0.3, 0.4) is 0 Å². The zero-order chi connectivity index (χ0) is 10.9. The Kier molecular flexibility index (Phi) is 2.40. The monoisotopic (exact) mass is 201 g/mol. The molecule has 0 radical (unpaired) electrons. The maximum absolute atomic E-state index is 9.19. The second-order valence-corrected chi connectivity index (χ2v) is 4.13. The number of nitriles is 1. The molecule has 2 rings (SSSR count). The van der Waals surface area contributed by atoms with Crippen LogP contribution < -0.4 is 4.74 Å². The van der Waals surface area contributed by atoms with E-state index < -0.39 is 0 Å². The average molecular weight is 201 g/mol. The minimum Gasteiger partial charge on any atom is -0.494 e. The first-order chi connectivity index (χ1) is 7.22. The summed E-state index contributed by atoms with van der Waals surface area (Å²) in [5, 5.41) is 9.19. The first kappa shape index (κ1) is 10.0. The van der Waals surface area contributed by atoms with Crippen molar-refractivity contribution in [3.05, 3.63) is 29.3 Å². The lowest BCUT2D eigenvalue weighted by atomic mass is 9.95. The minimum absolute atomic E-state index is 0.253. The molecule has 2 heteroatoms. The first-order valence-electron chi connectivity index (χ1n) is 5.37. The zero-order valence-corrected chi connectivity index (χ0v) is 9.21. The molecular formula is C13H15NO. The van der Waals surface area contributed by atoms with Crippen LogP contribution in [-0.4, -0.2) is 6.61 Å². The molecule has 0 atom stereocenters. The van der Waals surface area contributed by atoms with Gasteiger partial charge in [-0.2, -0.15) is 5.26 Å². The second-order valence-electron chi connectivity index (χ2n) is 4.13. The van der Waals surface area contributed by atoms with Gasteiger partial charge < -0.3 is 4.74 Å². The Morgan fingerprint density at radius 1 is 1.47 bits per heavy atom. The molecule has 0 heterocycles. The van der Waals surface area contributed by atoms with E-state index in [-0.39, 0.29) is 5.41 Å². The predicted molar refractivity (Wildman–Crippen MR) is 58.9 cm³/mol. The number of benzene rings is 1. The van der Waals surface area contributed by atoms with Gasteiger partial charge in [-0.1, -0.05) is 17.7 Å². The van der Waals surface area contributed by atoms with E-state index in [0.717, 1.165) is 24.2 Å². The molecule has 1 fully saturated rings. The molecule has 0 aliphatic heterocycles. The Morgan fingerprint density at radius 3 is 2.73 bits per heavy atom. The maximum atomic E-state index is 9.19. The van der Waals surface area contributed by atoms with Gasteiger partial charge in [-0.15, -0.1) is 0 Å². The van der Waals surface area contributed by atoms with E-state index in [9.17, 15) is 5.26 Å². The zero-order valence-electron chi connectivity index (χ0n) is 9.21. The Bertz CT molecular complexity index is 413. The van der Waals surface area contributed by atoms with E-state index in [1.807, 2.05) is 26.0 Å². The molecule has 1 aromatic rings. The fraction of sp³-hybridized carbons (Fsp3) is 0.462. The van der Waals surface area contributed by atoms with Gasteiger partial charge in [0.1, 0.15) is 5.75 Å². The number of aryl methyl sites for hydroxylation is 1. The highest BCUT2D eigenvalue weighted by atomic mass is 16.5. The van der Waals surface area contributed by atoms with Gasteiger partial charge in [-0.05, 0) is 32.8 Å². The molecule has 0 amide bonds. The molecule has 0 aromatic heterocycles. The van der Waals surface area contributed by atoms with Crippen molar-refractivity contribution in [3.63, 3.8) is 0 Å². The van der Waals surface area contributed by atoms with Crippen molar-refractivity contribution in [1.29, 1.82) is 5.26 Å². The normalized spacial score (nSPS) is 16.9. The van der Waals surface area contributed by atoms with Crippen LogP contribution in [0.25, 0.3) is 0 Å². The summed E-state index contributed by atoms with van der Waals surface area (Å²) in [6.45, 7) is 4.67. The lowest BCUT2D eigenvalue weighted by Crippen LogP contribution is -2.07. The Morgan fingerprint density at radius 2 is 2.20 bits per heavy atom. The van der Waals surface area contributed by atoms with Gasteiger partial charge in [0, 0.05) is 5.56 Å². The van der Waals surface area contributed by atoms with Gasteiger partial charge in [0.25, 0.3) is 0 Å². The highest BCUT2D eigenvalue weighted by molar-refractivity contribution is 5.49. The van der Waals surface area contributed by atoms with Crippen LogP contribution in [0.4, 0.5) is 0 Å². The van der Waals surface area contributed by atoms with Gasteiger partial charge in [-0.3, -0.25) is 0 Å². The summed E-state index contributed by atoms with van der Waals surface area (Å²) in [5.41, 5.74) is 2.01. The van der Waals surface area contributed by atoms with Gasteiger partial charge in [0.2, 0.25) is 0 Å². The fourth-order valence-electron chi connectivity index (χ4n) is 1.87. The third-order valence-electron chi connectivity index (χ3n) is 2.91. The molecule has 0 unspecified atom stereocenters. The number of nitrogens with zero attached hydrogens (tertiary/aromatic N) is 1. The van der Waals surface area contributed by atoms with Gasteiger partial charge >= 0.3 is 0 Å². The van der Waals surface area contributed by atoms with Crippen LogP contribution >= 0.6 is 0 Å². The quantitative estimate of drug-likeness (QED) is 0.753. The average Bonchev–Trinajstić information content (AvgIpc) is 3.02. The molecule has 0 saturated heterocycles. The number of rotatable bonds is 3. The number of ether oxygens (including phenoxy) is 1. The van der Waals surface area contributed by atoms with Crippen LogP contribution in [0, 0.1) is 18.3 Å². The van der Waals surface area contributed by atoms with E-state index >= 15 is 0 Å². The van der Waals surface area contributed by atoms with E-state index in [1.165, 1.54) is 5.56 Å². The lowest BCUT2D eigenvalue weighted by Gasteiger charge is -2.14. The summed E-state index contributed by atoms with van der Waals surface area (Å²) in [4.78, 5) is 0. The molecule has 0 spiro atoms. The molecule has 0 bridgehead atoms.